The first-order valence-electron chi connectivity index (χ1n) is 6.67. The van der Waals surface area contributed by atoms with Crippen LogP contribution < -0.4 is 0 Å². The lowest BCUT2D eigenvalue weighted by atomic mass is 9.95. The first-order valence-corrected chi connectivity index (χ1v) is 7.96. The van der Waals surface area contributed by atoms with Crippen LogP contribution >= 0.6 is 11.8 Å². The number of likely N-dealkylation sites (N-methyl/N-ethyl adjacent to an activating group) is 1. The Bertz CT molecular complexity index is 284. The molecule has 0 aliphatic carbocycles. The zero-order valence-corrected chi connectivity index (χ0v) is 13.5. The molecule has 0 radical (unpaired) electrons. The lowest BCUT2D eigenvalue weighted by Crippen LogP contribution is -2.31. The first-order chi connectivity index (χ1) is 8.38. The summed E-state index contributed by atoms with van der Waals surface area (Å²) in [5, 5.41) is 0.381. The number of thioether (sulfide) groups is 1. The second kappa shape index (κ2) is 8.63. The van der Waals surface area contributed by atoms with Crippen LogP contribution in [0.3, 0.4) is 0 Å². The van der Waals surface area contributed by atoms with Crippen molar-refractivity contribution in [3.8, 4) is 0 Å². The summed E-state index contributed by atoms with van der Waals surface area (Å²) in [6, 6.07) is 0. The van der Waals surface area contributed by atoms with Crippen LogP contribution in [0.25, 0.3) is 0 Å². The summed E-state index contributed by atoms with van der Waals surface area (Å²) < 4.78 is 13.4. The van der Waals surface area contributed by atoms with Crippen molar-refractivity contribution in [3.63, 3.8) is 0 Å². The van der Waals surface area contributed by atoms with E-state index in [9.17, 15) is 4.39 Å². The predicted molar refractivity (Wildman–Crippen MR) is 82.6 cm³/mol. The number of halogens is 1. The average molecular weight is 273 g/mol. The third-order valence-electron chi connectivity index (χ3n) is 3.15. The Morgan fingerprint density at radius 3 is 2.17 bits per heavy atom. The van der Waals surface area contributed by atoms with E-state index in [1.165, 1.54) is 5.57 Å². The average Bonchev–Trinajstić information content (AvgIpc) is 2.32. The van der Waals surface area contributed by atoms with Crippen LogP contribution in [-0.4, -0.2) is 29.2 Å². The molecule has 0 aromatic rings. The molecule has 0 bridgehead atoms. The van der Waals surface area contributed by atoms with Crippen molar-refractivity contribution in [1.82, 2.24) is 4.90 Å². The highest BCUT2D eigenvalue weighted by molar-refractivity contribution is 7.99. The van der Waals surface area contributed by atoms with E-state index in [0.717, 1.165) is 12.2 Å². The van der Waals surface area contributed by atoms with E-state index in [0.29, 0.717) is 17.7 Å². The van der Waals surface area contributed by atoms with E-state index in [1.807, 2.05) is 6.08 Å². The molecule has 0 heterocycles. The number of allylic oxidation sites excluding steroid dienone is 2. The molecule has 2 atom stereocenters. The van der Waals surface area contributed by atoms with Gasteiger partial charge in [-0.05, 0) is 44.6 Å². The van der Waals surface area contributed by atoms with Crippen molar-refractivity contribution in [2.24, 2.45) is 5.92 Å². The lowest BCUT2D eigenvalue weighted by molar-refractivity contribution is 0.329. The van der Waals surface area contributed by atoms with Crippen molar-refractivity contribution in [1.29, 1.82) is 0 Å². The van der Waals surface area contributed by atoms with Gasteiger partial charge in [0.2, 0.25) is 0 Å². The minimum Gasteiger partial charge on any atom is -0.360 e. The second-order valence-electron chi connectivity index (χ2n) is 4.88. The highest BCUT2D eigenvalue weighted by atomic mass is 32.2. The van der Waals surface area contributed by atoms with Gasteiger partial charge in [0.05, 0.1) is 5.37 Å². The largest absolute Gasteiger partial charge is 0.360 e. The molecule has 18 heavy (non-hydrogen) atoms. The molecule has 0 saturated carbocycles. The Labute approximate surface area is 117 Å². The van der Waals surface area contributed by atoms with Gasteiger partial charge in [-0.2, -0.15) is 0 Å². The highest BCUT2D eigenvalue weighted by Gasteiger charge is 2.19. The Kier molecular flexibility index (Phi) is 8.41. The van der Waals surface area contributed by atoms with E-state index < -0.39 is 6.17 Å². The number of hydrogen-bond acceptors (Lipinski definition) is 2. The summed E-state index contributed by atoms with van der Waals surface area (Å²) in [6.45, 7) is 15.0. The maximum absolute atomic E-state index is 13.4. The van der Waals surface area contributed by atoms with Gasteiger partial charge in [0.25, 0.3) is 0 Å². The molecule has 0 aliphatic rings. The molecule has 3 heteroatoms. The van der Waals surface area contributed by atoms with Gasteiger partial charge in [-0.15, -0.1) is 11.8 Å². The second-order valence-corrected chi connectivity index (χ2v) is 6.03. The third kappa shape index (κ3) is 5.05. The maximum atomic E-state index is 13.4. The summed E-state index contributed by atoms with van der Waals surface area (Å²) in [6.07, 6.45) is 3.67. The number of alkyl halides is 1. The van der Waals surface area contributed by atoms with Gasteiger partial charge in [-0.1, -0.05) is 20.4 Å². The Balaban J connectivity index is 5.45. The Morgan fingerprint density at radius 2 is 1.89 bits per heavy atom. The molecule has 0 aliphatic heterocycles. The van der Waals surface area contributed by atoms with Crippen LogP contribution in [0.5, 0.6) is 0 Å². The van der Waals surface area contributed by atoms with Crippen LogP contribution in [0.1, 0.15) is 41.0 Å². The first kappa shape index (κ1) is 17.6. The molecule has 0 spiro atoms. The molecule has 1 nitrogen and oxygen atoms in total. The summed E-state index contributed by atoms with van der Waals surface area (Å²) >= 11 is 1.80. The topological polar surface area (TPSA) is 3.24 Å². The summed E-state index contributed by atoms with van der Waals surface area (Å²) in [7, 11) is 0. The van der Waals surface area contributed by atoms with Crippen LogP contribution in [0.4, 0.5) is 4.39 Å². The van der Waals surface area contributed by atoms with Gasteiger partial charge < -0.3 is 4.90 Å². The molecule has 0 amide bonds. The normalized spacial score (nSPS) is 16.2. The quantitative estimate of drug-likeness (QED) is 0.459. The van der Waals surface area contributed by atoms with Crippen molar-refractivity contribution >= 4 is 11.8 Å². The zero-order chi connectivity index (χ0) is 14.3. The maximum Gasteiger partial charge on any atom is 0.101 e. The van der Waals surface area contributed by atoms with Gasteiger partial charge in [0, 0.05) is 18.7 Å². The van der Waals surface area contributed by atoms with Gasteiger partial charge in [-0.25, -0.2) is 4.39 Å². The third-order valence-corrected chi connectivity index (χ3v) is 4.09. The minimum absolute atomic E-state index is 0.347. The van der Waals surface area contributed by atoms with Gasteiger partial charge in [0.15, 0.2) is 0 Å². The summed E-state index contributed by atoms with van der Waals surface area (Å²) in [5.41, 5.74) is 2.28. The van der Waals surface area contributed by atoms with Crippen molar-refractivity contribution in [2.75, 3.05) is 12.8 Å². The van der Waals surface area contributed by atoms with Crippen molar-refractivity contribution in [3.05, 3.63) is 23.9 Å². The zero-order valence-electron chi connectivity index (χ0n) is 12.7. The van der Waals surface area contributed by atoms with E-state index in [4.69, 9.17) is 0 Å². The molecule has 0 fully saturated rings. The molecule has 0 saturated heterocycles. The van der Waals surface area contributed by atoms with Gasteiger partial charge in [0.1, 0.15) is 6.17 Å². The monoisotopic (exact) mass is 273 g/mol. The van der Waals surface area contributed by atoms with Crippen LogP contribution in [0.15, 0.2) is 23.9 Å². The number of rotatable bonds is 8. The van der Waals surface area contributed by atoms with Crippen LogP contribution in [0, 0.1) is 5.92 Å². The fraction of sp³-hybridized carbons (Fsp3) is 0.733. The highest BCUT2D eigenvalue weighted by Crippen LogP contribution is 2.28. The molecule has 106 valence electrons. The van der Waals surface area contributed by atoms with E-state index in [1.54, 1.807) is 18.7 Å². The molecular weight excluding hydrogens is 245 g/mol. The molecule has 0 rings (SSSR count). The number of nitrogens with zero attached hydrogens (tertiary/aromatic N) is 1. The fourth-order valence-corrected chi connectivity index (χ4v) is 2.64. The van der Waals surface area contributed by atoms with E-state index in [-0.39, 0.29) is 0 Å². The molecular formula is C15H28FNS. The Hall–Kier alpha value is -0.440. The smallest absolute Gasteiger partial charge is 0.101 e. The summed E-state index contributed by atoms with van der Waals surface area (Å²) in [5.74, 6) is 0.347. The molecule has 0 N–H and O–H groups in total. The summed E-state index contributed by atoms with van der Waals surface area (Å²) in [4.78, 5) is 2.30. The molecule has 2 unspecified atom stereocenters. The van der Waals surface area contributed by atoms with Crippen molar-refractivity contribution < 1.29 is 4.39 Å². The fourth-order valence-electron chi connectivity index (χ4n) is 2.12. The Morgan fingerprint density at radius 1 is 1.33 bits per heavy atom. The SMILES string of the molecule is C=CC(=C(CC(C)F)C(C)C)N(CC)C(C)SC. The van der Waals surface area contributed by atoms with Crippen molar-refractivity contribution in [2.45, 2.75) is 52.6 Å². The van der Waals surface area contributed by atoms with Gasteiger partial charge in [-0.3, -0.25) is 0 Å². The predicted octanol–water partition coefficient (Wildman–Crippen LogP) is 4.86. The van der Waals surface area contributed by atoms with Gasteiger partial charge >= 0.3 is 0 Å². The molecule has 0 aromatic carbocycles. The van der Waals surface area contributed by atoms with E-state index in [2.05, 4.69) is 45.4 Å². The standard InChI is InChI=1S/C15H28FNS/c1-8-15(17(9-2)13(6)18-7)14(11(3)4)10-12(5)16/h8,11-13H,1,9-10H2,2-7H3. The van der Waals surface area contributed by atoms with Crippen LogP contribution in [0.2, 0.25) is 0 Å². The van der Waals surface area contributed by atoms with Crippen LogP contribution in [-0.2, 0) is 0 Å². The molecule has 0 aromatic heterocycles. The van der Waals surface area contributed by atoms with E-state index >= 15 is 0 Å². The minimum atomic E-state index is -0.805. The lowest BCUT2D eigenvalue weighted by Gasteiger charge is -2.33. The number of hydrogen-bond donors (Lipinski definition) is 0.